The van der Waals surface area contributed by atoms with Gasteiger partial charge in [0.1, 0.15) is 11.6 Å². The topological polar surface area (TPSA) is 59.8 Å². The highest BCUT2D eigenvalue weighted by atomic mass is 32.2. The molecule has 0 saturated heterocycles. The molecule has 4 aromatic rings. The van der Waals surface area contributed by atoms with E-state index >= 15 is 0 Å². The lowest BCUT2D eigenvalue weighted by atomic mass is 10.0. The van der Waals surface area contributed by atoms with Crippen LogP contribution in [0.25, 0.3) is 22.5 Å². The fourth-order valence-electron chi connectivity index (χ4n) is 3.28. The van der Waals surface area contributed by atoms with Gasteiger partial charge in [-0.2, -0.15) is 0 Å². The number of carbonyl (C=O) groups is 1. The molecule has 4 rings (SSSR count). The fourth-order valence-corrected chi connectivity index (χ4v) is 4.86. The number of benzene rings is 2. The van der Waals surface area contributed by atoms with Gasteiger partial charge < -0.3 is 9.88 Å². The van der Waals surface area contributed by atoms with Crippen LogP contribution < -0.4 is 5.32 Å². The van der Waals surface area contributed by atoms with E-state index in [1.165, 1.54) is 28.3 Å². The monoisotopic (exact) mass is 470 g/mol. The van der Waals surface area contributed by atoms with Crippen molar-refractivity contribution in [2.24, 2.45) is 7.05 Å². The van der Waals surface area contributed by atoms with E-state index in [1.807, 2.05) is 11.6 Å². The van der Waals surface area contributed by atoms with Crippen molar-refractivity contribution in [2.75, 3.05) is 11.1 Å². The van der Waals surface area contributed by atoms with Crippen molar-refractivity contribution in [3.8, 4) is 22.5 Å². The number of amides is 1. The smallest absolute Gasteiger partial charge is 0.234 e. The van der Waals surface area contributed by atoms with Crippen LogP contribution in [0.4, 0.5) is 14.5 Å². The van der Waals surface area contributed by atoms with Crippen LogP contribution in [0.1, 0.15) is 10.4 Å². The van der Waals surface area contributed by atoms with E-state index in [2.05, 4.69) is 59.0 Å². The maximum Gasteiger partial charge on any atom is 0.234 e. The molecule has 1 amide bonds. The zero-order valence-corrected chi connectivity index (χ0v) is 19.3. The Labute approximate surface area is 192 Å². The molecule has 0 unspecified atom stereocenters. The minimum atomic E-state index is -0.819. The van der Waals surface area contributed by atoms with E-state index < -0.39 is 17.5 Å². The first-order chi connectivity index (χ1) is 15.3. The number of thioether (sulfide) groups is 1. The standard InChI is InChI=1S/C23H20F2N4OS2/c1-13-4-6-15(7-5-13)21-14(2)31-11-17(21)22-27-28-23(29(22)3)32-12-20(30)26-19-9-8-16(24)10-18(19)25/h4-11H,12H2,1-3H3,(H,26,30). The van der Waals surface area contributed by atoms with Crippen LogP contribution in [0.15, 0.2) is 53.0 Å². The van der Waals surface area contributed by atoms with Crippen molar-refractivity contribution >= 4 is 34.7 Å². The second-order valence-corrected chi connectivity index (χ2v) is 9.30. The van der Waals surface area contributed by atoms with Gasteiger partial charge in [0.05, 0.1) is 11.4 Å². The van der Waals surface area contributed by atoms with Gasteiger partial charge in [-0.3, -0.25) is 4.79 Å². The lowest BCUT2D eigenvalue weighted by Gasteiger charge is -2.08. The normalized spacial score (nSPS) is 11.0. The van der Waals surface area contributed by atoms with E-state index in [-0.39, 0.29) is 11.4 Å². The molecule has 164 valence electrons. The van der Waals surface area contributed by atoms with Crippen LogP contribution in [0.5, 0.6) is 0 Å². The van der Waals surface area contributed by atoms with E-state index in [0.29, 0.717) is 11.0 Å². The van der Waals surface area contributed by atoms with Gasteiger partial charge >= 0.3 is 0 Å². The zero-order chi connectivity index (χ0) is 22.8. The molecule has 0 aliphatic rings. The highest BCUT2D eigenvalue weighted by Gasteiger charge is 2.19. The SMILES string of the molecule is Cc1ccc(-c2c(-c3nnc(SCC(=O)Nc4ccc(F)cc4F)n3C)csc2C)cc1. The van der Waals surface area contributed by atoms with Crippen molar-refractivity contribution in [2.45, 2.75) is 19.0 Å². The molecule has 0 spiro atoms. The van der Waals surface area contributed by atoms with Crippen molar-refractivity contribution in [1.29, 1.82) is 0 Å². The highest BCUT2D eigenvalue weighted by Crippen LogP contribution is 2.39. The summed E-state index contributed by atoms with van der Waals surface area (Å²) in [6.07, 6.45) is 0. The van der Waals surface area contributed by atoms with Crippen LogP contribution in [0.2, 0.25) is 0 Å². The summed E-state index contributed by atoms with van der Waals surface area (Å²) in [5.41, 5.74) is 4.34. The van der Waals surface area contributed by atoms with Crippen LogP contribution in [0, 0.1) is 25.5 Å². The number of thiophene rings is 1. The number of rotatable bonds is 6. The van der Waals surface area contributed by atoms with Gasteiger partial charge in [-0.05, 0) is 31.5 Å². The Hall–Kier alpha value is -3.04. The summed E-state index contributed by atoms with van der Waals surface area (Å²) in [5.74, 6) is -1.22. The Kier molecular flexibility index (Phi) is 6.38. The lowest BCUT2D eigenvalue weighted by molar-refractivity contribution is -0.113. The van der Waals surface area contributed by atoms with Gasteiger partial charge in [-0.1, -0.05) is 41.6 Å². The summed E-state index contributed by atoms with van der Waals surface area (Å²) in [6.45, 7) is 4.13. The first-order valence-corrected chi connectivity index (χ1v) is 11.6. The predicted octanol–water partition coefficient (Wildman–Crippen LogP) is 5.84. The first kappa shape index (κ1) is 22.2. The molecule has 32 heavy (non-hydrogen) atoms. The van der Waals surface area contributed by atoms with Crippen molar-refractivity contribution in [3.05, 3.63) is 69.9 Å². The van der Waals surface area contributed by atoms with Gasteiger partial charge in [0.15, 0.2) is 11.0 Å². The maximum atomic E-state index is 13.7. The van der Waals surface area contributed by atoms with Gasteiger partial charge in [0, 0.05) is 34.5 Å². The summed E-state index contributed by atoms with van der Waals surface area (Å²) in [5, 5.41) is 13.7. The Morgan fingerprint density at radius 1 is 1.12 bits per heavy atom. The lowest BCUT2D eigenvalue weighted by Crippen LogP contribution is -2.15. The molecular formula is C23H20F2N4OS2. The number of nitrogens with one attached hydrogen (secondary N) is 1. The molecule has 2 heterocycles. The number of anilines is 1. The summed E-state index contributed by atoms with van der Waals surface area (Å²) >= 11 is 2.84. The molecule has 0 fully saturated rings. The fraction of sp³-hybridized carbons (Fsp3) is 0.174. The average Bonchev–Trinajstić information content (AvgIpc) is 3.31. The number of carbonyl (C=O) groups excluding carboxylic acids is 1. The van der Waals surface area contributed by atoms with E-state index in [0.717, 1.165) is 28.8 Å². The van der Waals surface area contributed by atoms with Crippen molar-refractivity contribution < 1.29 is 13.6 Å². The molecule has 0 atom stereocenters. The highest BCUT2D eigenvalue weighted by molar-refractivity contribution is 7.99. The van der Waals surface area contributed by atoms with Crippen LogP contribution in [0.3, 0.4) is 0 Å². The average molecular weight is 471 g/mol. The minimum Gasteiger partial charge on any atom is -0.323 e. The molecule has 2 aromatic heterocycles. The number of aryl methyl sites for hydroxylation is 2. The third-order valence-corrected chi connectivity index (χ3v) is 6.86. The number of aromatic nitrogens is 3. The van der Waals surface area contributed by atoms with Crippen LogP contribution in [-0.4, -0.2) is 26.4 Å². The van der Waals surface area contributed by atoms with Crippen LogP contribution >= 0.6 is 23.1 Å². The third kappa shape index (κ3) is 4.58. The second-order valence-electron chi connectivity index (χ2n) is 7.27. The Balaban J connectivity index is 1.51. The molecule has 0 aliphatic heterocycles. The minimum absolute atomic E-state index is 0.0102. The quantitative estimate of drug-likeness (QED) is 0.360. The number of nitrogens with zero attached hydrogens (tertiary/aromatic N) is 3. The molecule has 0 saturated carbocycles. The maximum absolute atomic E-state index is 13.7. The predicted molar refractivity (Wildman–Crippen MR) is 125 cm³/mol. The first-order valence-electron chi connectivity index (χ1n) is 9.76. The summed E-state index contributed by atoms with van der Waals surface area (Å²) in [4.78, 5) is 13.4. The van der Waals surface area contributed by atoms with Crippen LogP contribution in [-0.2, 0) is 11.8 Å². The van der Waals surface area contributed by atoms with Crippen molar-refractivity contribution in [1.82, 2.24) is 14.8 Å². The summed E-state index contributed by atoms with van der Waals surface area (Å²) in [7, 11) is 1.85. The molecule has 2 aromatic carbocycles. The molecule has 1 N–H and O–H groups in total. The number of halogens is 2. The summed E-state index contributed by atoms with van der Waals surface area (Å²) in [6, 6.07) is 11.4. The Morgan fingerprint density at radius 2 is 1.88 bits per heavy atom. The molecule has 0 bridgehead atoms. The molecule has 9 heteroatoms. The second kappa shape index (κ2) is 9.22. The Bertz CT molecular complexity index is 1280. The Morgan fingerprint density at radius 3 is 2.59 bits per heavy atom. The van der Waals surface area contributed by atoms with Gasteiger partial charge in [0.25, 0.3) is 0 Å². The van der Waals surface area contributed by atoms with Gasteiger partial charge in [-0.15, -0.1) is 21.5 Å². The van der Waals surface area contributed by atoms with E-state index in [4.69, 9.17) is 0 Å². The molecular weight excluding hydrogens is 450 g/mol. The van der Waals surface area contributed by atoms with Gasteiger partial charge in [-0.25, -0.2) is 8.78 Å². The van der Waals surface area contributed by atoms with Crippen molar-refractivity contribution in [3.63, 3.8) is 0 Å². The largest absolute Gasteiger partial charge is 0.323 e. The van der Waals surface area contributed by atoms with Gasteiger partial charge in [0.2, 0.25) is 5.91 Å². The van der Waals surface area contributed by atoms with E-state index in [1.54, 1.807) is 11.3 Å². The molecule has 5 nitrogen and oxygen atoms in total. The summed E-state index contributed by atoms with van der Waals surface area (Å²) < 4.78 is 28.6. The zero-order valence-electron chi connectivity index (χ0n) is 17.6. The molecule has 0 aliphatic carbocycles. The number of hydrogen-bond acceptors (Lipinski definition) is 5. The number of hydrogen-bond donors (Lipinski definition) is 1. The third-order valence-electron chi connectivity index (χ3n) is 4.93. The van der Waals surface area contributed by atoms with E-state index in [9.17, 15) is 13.6 Å². The molecule has 0 radical (unpaired) electrons.